The highest BCUT2D eigenvalue weighted by molar-refractivity contribution is 7.98. The minimum absolute atomic E-state index is 0.451. The van der Waals surface area contributed by atoms with Crippen molar-refractivity contribution < 1.29 is 4.42 Å². The molecule has 1 unspecified atom stereocenters. The van der Waals surface area contributed by atoms with Gasteiger partial charge in [-0.1, -0.05) is 6.92 Å². The molecular weight excluding hydrogens is 246 g/mol. The summed E-state index contributed by atoms with van der Waals surface area (Å²) in [5.74, 6) is 1.16. The zero-order valence-electron chi connectivity index (χ0n) is 11.9. The Labute approximate surface area is 115 Å². The van der Waals surface area contributed by atoms with Crippen LogP contribution in [-0.2, 0) is 6.54 Å². The fraction of sp³-hybridized carbons (Fsp3) is 0.769. The SMILES string of the molecule is CCCNCc1coc(N(C)C(C)CCSC)n1. The fourth-order valence-electron chi connectivity index (χ4n) is 1.60. The number of nitrogens with one attached hydrogen (secondary N) is 1. The second-order valence-electron chi connectivity index (χ2n) is 4.54. The van der Waals surface area contributed by atoms with E-state index < -0.39 is 0 Å². The van der Waals surface area contributed by atoms with E-state index in [0.29, 0.717) is 6.04 Å². The first-order valence-corrected chi connectivity index (χ1v) is 7.95. The molecule has 0 spiro atoms. The Morgan fingerprint density at radius 3 is 3.00 bits per heavy atom. The normalized spacial score (nSPS) is 12.7. The number of hydrogen-bond donors (Lipinski definition) is 1. The third-order valence-electron chi connectivity index (χ3n) is 2.98. The van der Waals surface area contributed by atoms with Gasteiger partial charge in [0, 0.05) is 19.6 Å². The van der Waals surface area contributed by atoms with E-state index in [4.69, 9.17) is 4.42 Å². The molecule has 18 heavy (non-hydrogen) atoms. The van der Waals surface area contributed by atoms with E-state index in [-0.39, 0.29) is 0 Å². The molecule has 104 valence electrons. The molecule has 0 radical (unpaired) electrons. The highest BCUT2D eigenvalue weighted by atomic mass is 32.2. The molecule has 0 aliphatic carbocycles. The van der Waals surface area contributed by atoms with Gasteiger partial charge in [-0.25, -0.2) is 0 Å². The van der Waals surface area contributed by atoms with Gasteiger partial charge in [-0.05, 0) is 38.3 Å². The predicted octanol–water partition coefficient (Wildman–Crippen LogP) is 2.75. The summed E-state index contributed by atoms with van der Waals surface area (Å²) in [5, 5.41) is 3.32. The van der Waals surface area contributed by atoms with Crippen LogP contribution in [0.4, 0.5) is 6.01 Å². The number of thioether (sulfide) groups is 1. The maximum Gasteiger partial charge on any atom is 0.297 e. The molecule has 0 fully saturated rings. The first-order valence-electron chi connectivity index (χ1n) is 6.56. The number of nitrogens with zero attached hydrogens (tertiary/aromatic N) is 2. The number of hydrogen-bond acceptors (Lipinski definition) is 5. The van der Waals surface area contributed by atoms with Crippen molar-refractivity contribution in [1.29, 1.82) is 0 Å². The third-order valence-corrected chi connectivity index (χ3v) is 3.62. The zero-order valence-corrected chi connectivity index (χ0v) is 12.7. The molecule has 0 amide bonds. The van der Waals surface area contributed by atoms with E-state index in [9.17, 15) is 0 Å². The first-order chi connectivity index (χ1) is 8.69. The van der Waals surface area contributed by atoms with Crippen LogP contribution in [0.5, 0.6) is 0 Å². The summed E-state index contributed by atoms with van der Waals surface area (Å²) in [5.41, 5.74) is 0.974. The second kappa shape index (κ2) is 8.43. The van der Waals surface area contributed by atoms with Crippen LogP contribution in [0.1, 0.15) is 32.4 Å². The van der Waals surface area contributed by atoms with E-state index in [1.54, 1.807) is 6.26 Å². The summed E-state index contributed by atoms with van der Waals surface area (Å²) >= 11 is 1.87. The Morgan fingerprint density at radius 2 is 2.33 bits per heavy atom. The summed E-state index contributed by atoms with van der Waals surface area (Å²) in [6.07, 6.45) is 6.16. The van der Waals surface area contributed by atoms with Crippen LogP contribution in [0.25, 0.3) is 0 Å². The van der Waals surface area contributed by atoms with Crippen molar-refractivity contribution in [1.82, 2.24) is 10.3 Å². The Balaban J connectivity index is 2.45. The first kappa shape index (κ1) is 15.4. The summed E-state index contributed by atoms with van der Waals surface area (Å²) in [4.78, 5) is 6.61. The van der Waals surface area contributed by atoms with Gasteiger partial charge in [0.05, 0.1) is 5.69 Å². The van der Waals surface area contributed by atoms with Gasteiger partial charge < -0.3 is 14.6 Å². The molecule has 1 aromatic heterocycles. The van der Waals surface area contributed by atoms with E-state index >= 15 is 0 Å². The second-order valence-corrected chi connectivity index (χ2v) is 5.53. The quantitative estimate of drug-likeness (QED) is 0.699. The largest absolute Gasteiger partial charge is 0.432 e. The average molecular weight is 271 g/mol. The molecule has 0 aliphatic rings. The van der Waals surface area contributed by atoms with Crippen molar-refractivity contribution in [2.24, 2.45) is 0 Å². The van der Waals surface area contributed by atoms with Gasteiger partial charge in [-0.2, -0.15) is 16.7 Å². The molecule has 1 atom stereocenters. The van der Waals surface area contributed by atoms with Gasteiger partial charge in [0.2, 0.25) is 0 Å². The van der Waals surface area contributed by atoms with Crippen molar-refractivity contribution in [2.45, 2.75) is 39.3 Å². The summed E-state index contributed by atoms with van der Waals surface area (Å²) in [6.45, 7) is 6.16. The standard InChI is InChI=1S/C13H25N3OS/c1-5-7-14-9-12-10-17-13(15-12)16(3)11(2)6-8-18-4/h10-11,14H,5-9H2,1-4H3. The van der Waals surface area contributed by atoms with E-state index in [0.717, 1.165) is 43.4 Å². The lowest BCUT2D eigenvalue weighted by molar-refractivity contribution is 0.516. The van der Waals surface area contributed by atoms with Gasteiger partial charge in [0.25, 0.3) is 6.01 Å². The lowest BCUT2D eigenvalue weighted by Gasteiger charge is -2.22. The van der Waals surface area contributed by atoms with Gasteiger partial charge in [-0.15, -0.1) is 0 Å². The molecule has 0 aliphatic heterocycles. The maximum absolute atomic E-state index is 5.53. The Hall–Kier alpha value is -0.680. The Kier molecular flexibility index (Phi) is 7.20. The molecule has 5 heteroatoms. The third kappa shape index (κ3) is 4.90. The predicted molar refractivity (Wildman–Crippen MR) is 79.4 cm³/mol. The molecular formula is C13H25N3OS. The van der Waals surface area contributed by atoms with Crippen LogP contribution < -0.4 is 10.2 Å². The number of rotatable bonds is 9. The minimum Gasteiger partial charge on any atom is -0.432 e. The van der Waals surface area contributed by atoms with Crippen molar-refractivity contribution in [3.8, 4) is 0 Å². The van der Waals surface area contributed by atoms with Crippen molar-refractivity contribution in [3.05, 3.63) is 12.0 Å². The Morgan fingerprint density at radius 1 is 1.56 bits per heavy atom. The molecule has 0 saturated heterocycles. The van der Waals surface area contributed by atoms with Crippen LogP contribution in [-0.4, -0.2) is 36.6 Å². The van der Waals surface area contributed by atoms with Crippen molar-refractivity contribution in [2.75, 3.05) is 30.5 Å². The molecule has 1 heterocycles. The van der Waals surface area contributed by atoms with Gasteiger partial charge >= 0.3 is 0 Å². The average Bonchev–Trinajstić information content (AvgIpc) is 2.84. The van der Waals surface area contributed by atoms with Crippen LogP contribution in [0, 0.1) is 0 Å². The molecule has 1 N–H and O–H groups in total. The molecule has 0 bridgehead atoms. The lowest BCUT2D eigenvalue weighted by Crippen LogP contribution is -2.29. The van der Waals surface area contributed by atoms with Gasteiger partial charge in [-0.3, -0.25) is 0 Å². The topological polar surface area (TPSA) is 41.3 Å². The van der Waals surface area contributed by atoms with Crippen molar-refractivity contribution in [3.63, 3.8) is 0 Å². The van der Waals surface area contributed by atoms with Crippen LogP contribution in [0.3, 0.4) is 0 Å². The number of oxazole rings is 1. The lowest BCUT2D eigenvalue weighted by atomic mass is 10.2. The molecule has 1 rings (SSSR count). The molecule has 4 nitrogen and oxygen atoms in total. The summed E-state index contributed by atoms with van der Waals surface area (Å²) in [7, 11) is 2.04. The van der Waals surface area contributed by atoms with Crippen LogP contribution >= 0.6 is 11.8 Å². The van der Waals surface area contributed by atoms with E-state index in [1.165, 1.54) is 0 Å². The molecule has 1 aromatic rings. The van der Waals surface area contributed by atoms with Crippen LogP contribution in [0.15, 0.2) is 10.7 Å². The highest BCUT2D eigenvalue weighted by Gasteiger charge is 2.14. The Bertz CT molecular complexity index is 330. The van der Waals surface area contributed by atoms with Gasteiger partial charge in [0.1, 0.15) is 6.26 Å². The summed E-state index contributed by atoms with van der Waals surface area (Å²) in [6, 6.07) is 1.17. The molecule has 0 aromatic carbocycles. The van der Waals surface area contributed by atoms with Crippen molar-refractivity contribution >= 4 is 17.8 Å². The highest BCUT2D eigenvalue weighted by Crippen LogP contribution is 2.17. The zero-order chi connectivity index (χ0) is 13.4. The number of anilines is 1. The monoisotopic (exact) mass is 271 g/mol. The molecule has 0 saturated carbocycles. The smallest absolute Gasteiger partial charge is 0.297 e. The maximum atomic E-state index is 5.53. The minimum atomic E-state index is 0.451. The van der Waals surface area contributed by atoms with E-state index in [1.807, 2.05) is 18.8 Å². The fourth-order valence-corrected chi connectivity index (χ4v) is 2.18. The summed E-state index contributed by atoms with van der Waals surface area (Å²) < 4.78 is 5.53. The number of aromatic nitrogens is 1. The van der Waals surface area contributed by atoms with E-state index in [2.05, 4.69) is 35.3 Å². The van der Waals surface area contributed by atoms with Gasteiger partial charge in [0.15, 0.2) is 0 Å². The van der Waals surface area contributed by atoms with Crippen LogP contribution in [0.2, 0.25) is 0 Å².